The Morgan fingerprint density at radius 1 is 1.12 bits per heavy atom. The Morgan fingerprint density at radius 3 is 2.35 bits per heavy atom. The molecule has 0 aromatic carbocycles. The van der Waals surface area contributed by atoms with Crippen LogP contribution < -0.4 is 5.32 Å². The lowest BCUT2D eigenvalue weighted by molar-refractivity contribution is 0.140. The molecule has 0 aliphatic carbocycles. The molecule has 1 rings (SSSR count). The predicted molar refractivity (Wildman–Crippen MR) is 76.4 cm³/mol. The summed E-state index contributed by atoms with van der Waals surface area (Å²) in [5, 5.41) is 3.47. The van der Waals surface area contributed by atoms with Crippen molar-refractivity contribution >= 4 is 0 Å². The lowest BCUT2D eigenvalue weighted by Gasteiger charge is -2.35. The minimum Gasteiger partial charge on any atom is -0.317 e. The molecule has 102 valence electrons. The molecular weight excluding hydrogens is 208 g/mol. The average Bonchev–Trinajstić information content (AvgIpc) is 2.37. The summed E-state index contributed by atoms with van der Waals surface area (Å²) in [5.74, 6) is 0.939. The van der Waals surface area contributed by atoms with Gasteiger partial charge in [-0.25, -0.2) is 0 Å². The second-order valence-electron chi connectivity index (χ2n) is 5.54. The van der Waals surface area contributed by atoms with Crippen molar-refractivity contribution in [3.8, 4) is 0 Å². The van der Waals surface area contributed by atoms with Crippen molar-refractivity contribution in [1.82, 2.24) is 10.2 Å². The van der Waals surface area contributed by atoms with Crippen molar-refractivity contribution in [1.29, 1.82) is 0 Å². The van der Waals surface area contributed by atoms with E-state index in [0.29, 0.717) is 0 Å². The van der Waals surface area contributed by atoms with Crippen molar-refractivity contribution in [3.63, 3.8) is 0 Å². The molecule has 1 saturated heterocycles. The van der Waals surface area contributed by atoms with Crippen LogP contribution in [0.2, 0.25) is 0 Å². The van der Waals surface area contributed by atoms with E-state index in [1.54, 1.807) is 0 Å². The Balaban J connectivity index is 2.44. The minimum absolute atomic E-state index is 0.829. The van der Waals surface area contributed by atoms with Gasteiger partial charge in [0.15, 0.2) is 0 Å². The highest BCUT2D eigenvalue weighted by Crippen LogP contribution is 2.18. The van der Waals surface area contributed by atoms with Crippen molar-refractivity contribution in [2.45, 2.75) is 65.3 Å². The van der Waals surface area contributed by atoms with Gasteiger partial charge in [-0.3, -0.25) is 0 Å². The highest BCUT2D eigenvalue weighted by Gasteiger charge is 2.21. The van der Waals surface area contributed by atoms with Gasteiger partial charge in [0.2, 0.25) is 0 Å². The maximum atomic E-state index is 3.47. The Labute approximate surface area is 108 Å². The fourth-order valence-electron chi connectivity index (χ4n) is 3.08. The standard InChI is InChI=1S/C15H32N2/c1-4-7-15(6-3)17(12-5-2)13-14-8-10-16-11-9-14/h14-16H,4-13H2,1-3H3. The molecular formula is C15H32N2. The first kappa shape index (κ1) is 15.0. The molecule has 1 aliphatic heterocycles. The fraction of sp³-hybridized carbons (Fsp3) is 1.00. The Hall–Kier alpha value is -0.0800. The van der Waals surface area contributed by atoms with Gasteiger partial charge in [0.1, 0.15) is 0 Å². The van der Waals surface area contributed by atoms with E-state index in [1.165, 1.54) is 64.7 Å². The summed E-state index contributed by atoms with van der Waals surface area (Å²) in [6, 6.07) is 0.829. The highest BCUT2D eigenvalue weighted by molar-refractivity contribution is 4.76. The molecule has 0 radical (unpaired) electrons. The van der Waals surface area contributed by atoms with Gasteiger partial charge < -0.3 is 10.2 Å². The molecule has 0 aromatic rings. The van der Waals surface area contributed by atoms with Gasteiger partial charge in [0.05, 0.1) is 0 Å². The molecule has 17 heavy (non-hydrogen) atoms. The number of piperidine rings is 1. The number of nitrogens with zero attached hydrogens (tertiary/aromatic N) is 1. The summed E-state index contributed by atoms with van der Waals surface area (Å²) in [7, 11) is 0. The van der Waals surface area contributed by atoms with Crippen LogP contribution in [0.3, 0.4) is 0 Å². The summed E-state index contributed by atoms with van der Waals surface area (Å²) in [5.41, 5.74) is 0. The first-order valence-corrected chi connectivity index (χ1v) is 7.76. The second-order valence-corrected chi connectivity index (χ2v) is 5.54. The van der Waals surface area contributed by atoms with E-state index in [4.69, 9.17) is 0 Å². The van der Waals surface area contributed by atoms with Crippen LogP contribution in [-0.4, -0.2) is 37.1 Å². The molecule has 1 fully saturated rings. The quantitative estimate of drug-likeness (QED) is 0.700. The van der Waals surface area contributed by atoms with Crippen LogP contribution in [0.25, 0.3) is 0 Å². The molecule has 1 N–H and O–H groups in total. The third-order valence-corrected chi connectivity index (χ3v) is 4.07. The molecule has 2 nitrogen and oxygen atoms in total. The van der Waals surface area contributed by atoms with E-state index in [2.05, 4.69) is 31.0 Å². The number of hydrogen-bond acceptors (Lipinski definition) is 2. The van der Waals surface area contributed by atoms with Gasteiger partial charge in [0.25, 0.3) is 0 Å². The summed E-state index contributed by atoms with van der Waals surface area (Å²) in [6.45, 7) is 12.1. The topological polar surface area (TPSA) is 15.3 Å². The number of rotatable bonds is 8. The molecule has 1 aliphatic rings. The highest BCUT2D eigenvalue weighted by atomic mass is 15.2. The molecule has 2 heteroatoms. The van der Waals surface area contributed by atoms with Gasteiger partial charge in [-0.2, -0.15) is 0 Å². The Bertz CT molecular complexity index is 176. The van der Waals surface area contributed by atoms with E-state index in [-0.39, 0.29) is 0 Å². The zero-order chi connectivity index (χ0) is 12.5. The molecule has 0 spiro atoms. The van der Waals surface area contributed by atoms with Crippen LogP contribution in [0, 0.1) is 5.92 Å². The first-order valence-electron chi connectivity index (χ1n) is 7.76. The first-order chi connectivity index (χ1) is 8.31. The molecule has 1 atom stereocenters. The smallest absolute Gasteiger partial charge is 0.00926 e. The summed E-state index contributed by atoms with van der Waals surface area (Å²) in [6.07, 6.45) is 8.07. The Kier molecular flexibility index (Phi) is 7.87. The molecule has 0 aromatic heterocycles. The lowest BCUT2D eigenvalue weighted by atomic mass is 9.95. The minimum atomic E-state index is 0.829. The van der Waals surface area contributed by atoms with Gasteiger partial charge in [-0.05, 0) is 57.7 Å². The molecule has 1 unspecified atom stereocenters. The zero-order valence-corrected chi connectivity index (χ0v) is 12.2. The number of nitrogens with one attached hydrogen (secondary N) is 1. The number of hydrogen-bond donors (Lipinski definition) is 1. The van der Waals surface area contributed by atoms with Crippen molar-refractivity contribution in [2.24, 2.45) is 5.92 Å². The average molecular weight is 240 g/mol. The van der Waals surface area contributed by atoms with Crippen molar-refractivity contribution in [3.05, 3.63) is 0 Å². The lowest BCUT2D eigenvalue weighted by Crippen LogP contribution is -2.41. The second kappa shape index (κ2) is 8.93. The van der Waals surface area contributed by atoms with Crippen LogP contribution >= 0.6 is 0 Å². The molecule has 1 heterocycles. The van der Waals surface area contributed by atoms with Crippen LogP contribution in [-0.2, 0) is 0 Å². The SMILES string of the molecule is CCCC(CC)N(CCC)CC1CCNCC1. The summed E-state index contributed by atoms with van der Waals surface area (Å²) >= 11 is 0. The van der Waals surface area contributed by atoms with Crippen LogP contribution in [0.4, 0.5) is 0 Å². The van der Waals surface area contributed by atoms with Gasteiger partial charge >= 0.3 is 0 Å². The maximum absolute atomic E-state index is 3.47. The monoisotopic (exact) mass is 240 g/mol. The van der Waals surface area contributed by atoms with E-state index in [1.807, 2.05) is 0 Å². The molecule has 0 saturated carbocycles. The van der Waals surface area contributed by atoms with E-state index in [0.717, 1.165) is 12.0 Å². The van der Waals surface area contributed by atoms with E-state index in [9.17, 15) is 0 Å². The third kappa shape index (κ3) is 5.39. The Morgan fingerprint density at radius 2 is 1.82 bits per heavy atom. The normalized spacial score (nSPS) is 19.8. The predicted octanol–water partition coefficient (Wildman–Crippen LogP) is 3.28. The van der Waals surface area contributed by atoms with Crippen LogP contribution in [0.5, 0.6) is 0 Å². The molecule has 0 amide bonds. The van der Waals surface area contributed by atoms with Gasteiger partial charge in [-0.15, -0.1) is 0 Å². The fourth-order valence-corrected chi connectivity index (χ4v) is 3.08. The largest absolute Gasteiger partial charge is 0.317 e. The van der Waals surface area contributed by atoms with Crippen molar-refractivity contribution in [2.75, 3.05) is 26.2 Å². The maximum Gasteiger partial charge on any atom is 0.00926 e. The molecule has 0 bridgehead atoms. The van der Waals surface area contributed by atoms with E-state index >= 15 is 0 Å². The van der Waals surface area contributed by atoms with Crippen molar-refractivity contribution < 1.29 is 0 Å². The van der Waals surface area contributed by atoms with E-state index < -0.39 is 0 Å². The summed E-state index contributed by atoms with van der Waals surface area (Å²) < 4.78 is 0. The third-order valence-electron chi connectivity index (χ3n) is 4.07. The zero-order valence-electron chi connectivity index (χ0n) is 12.2. The van der Waals surface area contributed by atoms with Crippen LogP contribution in [0.15, 0.2) is 0 Å². The van der Waals surface area contributed by atoms with Gasteiger partial charge in [0, 0.05) is 12.6 Å². The summed E-state index contributed by atoms with van der Waals surface area (Å²) in [4.78, 5) is 2.78. The van der Waals surface area contributed by atoms with Crippen LogP contribution in [0.1, 0.15) is 59.3 Å². The van der Waals surface area contributed by atoms with Gasteiger partial charge in [-0.1, -0.05) is 27.2 Å².